The largest absolute Gasteiger partial charge is 0.352 e. The second-order valence-electron chi connectivity index (χ2n) is 14.4. The molecule has 5 fully saturated rings. The lowest BCUT2D eigenvalue weighted by Crippen LogP contribution is -2.52. The molecule has 0 spiro atoms. The Morgan fingerprint density at radius 1 is 0.486 bits per heavy atom. The summed E-state index contributed by atoms with van der Waals surface area (Å²) in [6, 6.07) is 4.22. The molecule has 0 aromatic carbocycles. The summed E-state index contributed by atoms with van der Waals surface area (Å²) in [6.45, 7) is 2.56. The van der Waals surface area contributed by atoms with Crippen LogP contribution in [0.2, 0.25) is 0 Å². The molecule has 4 heteroatoms. The Morgan fingerprint density at radius 2 is 0.892 bits per heavy atom. The van der Waals surface area contributed by atoms with Crippen LogP contribution in [0.5, 0.6) is 0 Å². The van der Waals surface area contributed by atoms with E-state index in [9.17, 15) is 0 Å². The molecule has 0 radical (unpaired) electrons. The normalized spacial score (nSPS) is 41.8. The van der Waals surface area contributed by atoms with E-state index in [0.29, 0.717) is 23.9 Å². The van der Waals surface area contributed by atoms with Crippen molar-refractivity contribution >= 4 is 11.7 Å². The molecule has 2 heterocycles. The summed E-state index contributed by atoms with van der Waals surface area (Å²) in [7, 11) is 0. The van der Waals surface area contributed by atoms with Crippen LogP contribution >= 0.6 is 0 Å². The van der Waals surface area contributed by atoms with E-state index in [0.717, 1.165) is 30.1 Å². The Hall–Kier alpha value is -1.06. The van der Waals surface area contributed by atoms with E-state index >= 15 is 0 Å². The van der Waals surface area contributed by atoms with Gasteiger partial charge >= 0.3 is 0 Å². The van der Waals surface area contributed by atoms with Crippen LogP contribution in [0.4, 0.5) is 0 Å². The molecule has 5 saturated carbocycles. The molecule has 37 heavy (non-hydrogen) atoms. The van der Waals surface area contributed by atoms with E-state index in [1.165, 1.54) is 135 Å². The first kappa shape index (κ1) is 24.9. The maximum atomic E-state index is 5.66. The van der Waals surface area contributed by atoms with E-state index in [1.54, 1.807) is 11.7 Å². The minimum absolute atomic E-state index is 0.604. The average Bonchev–Trinajstić information content (AvgIpc) is 3.53. The molecule has 0 N–H and O–H groups in total. The van der Waals surface area contributed by atoms with Crippen LogP contribution in [0.3, 0.4) is 0 Å². The van der Waals surface area contributed by atoms with Crippen molar-refractivity contribution in [2.75, 3.05) is 0 Å². The third-order valence-corrected chi connectivity index (χ3v) is 11.8. The van der Waals surface area contributed by atoms with Crippen LogP contribution in [0.25, 0.3) is 0 Å². The van der Waals surface area contributed by atoms with Gasteiger partial charge in [0, 0.05) is 23.9 Å². The third-order valence-electron chi connectivity index (χ3n) is 11.8. The van der Waals surface area contributed by atoms with Crippen LogP contribution < -0.4 is 0 Å². The topological polar surface area (TPSA) is 31.2 Å². The van der Waals surface area contributed by atoms with Crippen molar-refractivity contribution in [3.63, 3.8) is 0 Å². The summed E-state index contributed by atoms with van der Waals surface area (Å²) in [5.41, 5.74) is 0. The number of fused-ring (bicyclic) bond motifs is 2. The highest BCUT2D eigenvalue weighted by Crippen LogP contribution is 2.45. The molecule has 7 rings (SSSR count). The molecule has 0 aromatic heterocycles. The number of amidine groups is 2. The van der Waals surface area contributed by atoms with Gasteiger partial charge in [0.05, 0.1) is 24.2 Å². The van der Waals surface area contributed by atoms with Crippen molar-refractivity contribution in [2.45, 2.75) is 178 Å². The van der Waals surface area contributed by atoms with Crippen LogP contribution in [-0.2, 0) is 0 Å². The predicted octanol–water partition coefficient (Wildman–Crippen LogP) is 7.75. The Kier molecular flexibility index (Phi) is 7.31. The fraction of sp³-hybridized carbons (Fsp3) is 0.939. The second kappa shape index (κ2) is 10.8. The molecule has 0 bridgehead atoms. The molecule has 0 amide bonds. The second-order valence-corrected chi connectivity index (χ2v) is 14.4. The molecular formula is C33H54N4. The molecular weight excluding hydrogens is 452 g/mol. The average molecular weight is 507 g/mol. The molecule has 0 saturated heterocycles. The quantitative estimate of drug-likeness (QED) is 0.390. The van der Waals surface area contributed by atoms with Gasteiger partial charge in [-0.1, -0.05) is 71.1 Å². The van der Waals surface area contributed by atoms with Crippen molar-refractivity contribution in [3.8, 4) is 0 Å². The fourth-order valence-electron chi connectivity index (χ4n) is 10.2. The van der Waals surface area contributed by atoms with Gasteiger partial charge in [0.2, 0.25) is 0 Å². The first-order valence-electron chi connectivity index (χ1n) is 17.0. The van der Waals surface area contributed by atoms with Crippen LogP contribution in [-0.4, -0.2) is 57.7 Å². The van der Waals surface area contributed by atoms with Crippen molar-refractivity contribution in [1.82, 2.24) is 9.80 Å². The van der Waals surface area contributed by atoms with Gasteiger partial charge in [-0.2, -0.15) is 0 Å². The lowest BCUT2D eigenvalue weighted by Gasteiger charge is -2.46. The van der Waals surface area contributed by atoms with Gasteiger partial charge in [-0.15, -0.1) is 0 Å². The van der Waals surface area contributed by atoms with Crippen LogP contribution in [0.1, 0.15) is 142 Å². The van der Waals surface area contributed by atoms with Gasteiger partial charge in [0.1, 0.15) is 11.7 Å². The number of nitrogens with zero attached hydrogens (tertiary/aromatic N) is 4. The van der Waals surface area contributed by atoms with Gasteiger partial charge in [-0.25, -0.2) is 0 Å². The summed E-state index contributed by atoms with van der Waals surface area (Å²) >= 11 is 0. The summed E-state index contributed by atoms with van der Waals surface area (Å²) < 4.78 is 0. The van der Waals surface area contributed by atoms with Gasteiger partial charge < -0.3 is 9.80 Å². The monoisotopic (exact) mass is 506 g/mol. The summed E-state index contributed by atoms with van der Waals surface area (Å²) in [6.07, 6.45) is 29.5. The zero-order chi connectivity index (χ0) is 24.8. The Labute approximate surface area is 227 Å². The fourth-order valence-corrected chi connectivity index (χ4v) is 10.2. The molecule has 7 aliphatic rings. The van der Waals surface area contributed by atoms with Gasteiger partial charge in [0.25, 0.3) is 0 Å². The summed E-state index contributed by atoms with van der Waals surface area (Å²) in [5.74, 6) is 5.29. The zero-order valence-corrected chi connectivity index (χ0v) is 23.8. The van der Waals surface area contributed by atoms with Crippen molar-refractivity contribution in [3.05, 3.63) is 0 Å². The molecule has 206 valence electrons. The van der Waals surface area contributed by atoms with Crippen LogP contribution in [0, 0.1) is 17.8 Å². The van der Waals surface area contributed by atoms with Crippen molar-refractivity contribution < 1.29 is 0 Å². The Bertz CT molecular complexity index is 784. The standard InChI is InChI=1S/C33H54N4/c1-23-20-24(32-34-28-16-8-10-18-30(28)36(32)26-12-4-2-5-13-26)22-25(21-23)33-35-29-17-9-11-19-31(29)37(33)27-14-6-3-7-15-27/h23-31H,2-22H2,1H3. The maximum absolute atomic E-state index is 5.66. The molecule has 0 aromatic rings. The molecule has 5 aliphatic carbocycles. The lowest BCUT2D eigenvalue weighted by molar-refractivity contribution is 0.144. The minimum atomic E-state index is 0.604. The predicted molar refractivity (Wildman–Crippen MR) is 154 cm³/mol. The van der Waals surface area contributed by atoms with E-state index < -0.39 is 0 Å². The Balaban J connectivity index is 1.16. The van der Waals surface area contributed by atoms with Crippen molar-refractivity contribution in [1.29, 1.82) is 0 Å². The lowest BCUT2D eigenvalue weighted by atomic mass is 9.73. The number of hydrogen-bond donors (Lipinski definition) is 0. The maximum Gasteiger partial charge on any atom is 0.103 e. The van der Waals surface area contributed by atoms with Crippen LogP contribution in [0.15, 0.2) is 9.98 Å². The highest BCUT2D eigenvalue weighted by atomic mass is 15.3. The smallest absolute Gasteiger partial charge is 0.103 e. The zero-order valence-electron chi connectivity index (χ0n) is 23.8. The minimum Gasteiger partial charge on any atom is -0.352 e. The molecule has 4 nitrogen and oxygen atoms in total. The van der Waals surface area contributed by atoms with E-state index in [2.05, 4.69) is 16.7 Å². The molecule has 6 atom stereocenters. The first-order chi connectivity index (χ1) is 18.3. The van der Waals surface area contributed by atoms with Crippen molar-refractivity contribution in [2.24, 2.45) is 27.7 Å². The third kappa shape index (κ3) is 4.79. The molecule has 6 unspecified atom stereocenters. The molecule has 2 aliphatic heterocycles. The summed E-state index contributed by atoms with van der Waals surface area (Å²) in [4.78, 5) is 17.3. The van der Waals surface area contributed by atoms with E-state index in [-0.39, 0.29) is 0 Å². The van der Waals surface area contributed by atoms with Gasteiger partial charge in [-0.05, 0) is 76.5 Å². The summed E-state index contributed by atoms with van der Waals surface area (Å²) in [5, 5.41) is 0. The first-order valence-corrected chi connectivity index (χ1v) is 17.0. The SMILES string of the molecule is CC1CC(C2=NC3CCCCC3N2C2CCCCC2)CC(C2=NC3CCCCC3N2C2CCCCC2)C1. The Morgan fingerprint density at radius 3 is 1.35 bits per heavy atom. The number of aliphatic imine (C=N–C) groups is 2. The van der Waals surface area contributed by atoms with E-state index in [1.807, 2.05) is 0 Å². The van der Waals surface area contributed by atoms with Gasteiger partial charge in [-0.3, -0.25) is 9.98 Å². The number of hydrogen-bond acceptors (Lipinski definition) is 4. The van der Waals surface area contributed by atoms with E-state index in [4.69, 9.17) is 9.98 Å². The highest BCUT2D eigenvalue weighted by Gasteiger charge is 2.48. The van der Waals surface area contributed by atoms with Gasteiger partial charge in [0.15, 0.2) is 0 Å². The number of rotatable bonds is 4. The highest BCUT2D eigenvalue weighted by molar-refractivity contribution is 5.91.